The van der Waals surface area contributed by atoms with Gasteiger partial charge in [0, 0.05) is 13.1 Å². The lowest BCUT2D eigenvalue weighted by molar-refractivity contribution is -0.129. The van der Waals surface area contributed by atoms with Gasteiger partial charge in [-0.05, 0) is 23.4 Å². The summed E-state index contributed by atoms with van der Waals surface area (Å²) in [5, 5.41) is 7.17. The number of carbonyl (C=O) groups excluding carboxylic acids is 2. The smallest absolute Gasteiger partial charge is 0.319 e. The van der Waals surface area contributed by atoms with Crippen LogP contribution in [0.4, 0.5) is 10.5 Å². The Hall–Kier alpha value is -2.05. The first-order chi connectivity index (χ1) is 11.1. The topological polar surface area (TPSA) is 61.4 Å². The largest absolute Gasteiger partial charge is 0.336 e. The molecule has 0 spiro atoms. The highest BCUT2D eigenvalue weighted by atomic mass is 35.5. The second-order valence-corrected chi connectivity index (χ2v) is 6.81. The van der Waals surface area contributed by atoms with Crippen molar-refractivity contribution in [2.24, 2.45) is 0 Å². The summed E-state index contributed by atoms with van der Waals surface area (Å²) in [6, 6.07) is 10.6. The van der Waals surface area contributed by atoms with Crippen LogP contribution in [-0.2, 0) is 11.3 Å². The molecule has 23 heavy (non-hydrogen) atoms. The number of halogens is 1. The van der Waals surface area contributed by atoms with E-state index < -0.39 is 12.1 Å². The zero-order chi connectivity index (χ0) is 16.2. The highest BCUT2D eigenvalue weighted by Gasteiger charge is 2.32. The van der Waals surface area contributed by atoms with E-state index in [-0.39, 0.29) is 5.91 Å². The predicted molar refractivity (Wildman–Crippen MR) is 91.7 cm³/mol. The monoisotopic (exact) mass is 349 g/mol. The lowest BCUT2D eigenvalue weighted by Crippen LogP contribution is -2.43. The van der Waals surface area contributed by atoms with Crippen LogP contribution >= 0.6 is 22.9 Å². The molecule has 2 heterocycles. The van der Waals surface area contributed by atoms with Crippen molar-refractivity contribution in [3.63, 3.8) is 0 Å². The predicted octanol–water partition coefficient (Wildman–Crippen LogP) is 3.32. The van der Waals surface area contributed by atoms with Crippen LogP contribution < -0.4 is 10.6 Å². The van der Waals surface area contributed by atoms with Crippen molar-refractivity contribution >= 4 is 40.6 Å². The van der Waals surface area contributed by atoms with Gasteiger partial charge in [0.1, 0.15) is 10.4 Å². The highest BCUT2D eigenvalue weighted by molar-refractivity contribution is 7.15. The number of carbonyl (C=O) groups is 2. The molecule has 120 valence electrons. The molecule has 3 rings (SSSR count). The number of hydrogen-bond acceptors (Lipinski definition) is 3. The average molecular weight is 350 g/mol. The van der Waals surface area contributed by atoms with E-state index >= 15 is 0 Å². The third-order valence-electron chi connectivity index (χ3n) is 3.69. The number of thiophene rings is 1. The number of hydrogen-bond donors (Lipinski definition) is 2. The maximum absolute atomic E-state index is 12.4. The number of benzene rings is 1. The number of rotatable bonds is 4. The van der Waals surface area contributed by atoms with E-state index in [0.717, 1.165) is 5.56 Å². The van der Waals surface area contributed by atoms with Crippen LogP contribution in [-0.4, -0.2) is 29.4 Å². The van der Waals surface area contributed by atoms with Crippen LogP contribution in [0, 0.1) is 0 Å². The van der Waals surface area contributed by atoms with Gasteiger partial charge >= 0.3 is 6.03 Å². The second-order valence-electron chi connectivity index (χ2n) is 5.29. The summed E-state index contributed by atoms with van der Waals surface area (Å²) < 4.78 is 0.517. The van der Waals surface area contributed by atoms with E-state index in [1.807, 2.05) is 30.3 Å². The minimum absolute atomic E-state index is 0.0552. The lowest BCUT2D eigenvalue weighted by Gasteiger charge is -2.17. The molecule has 0 aliphatic carbocycles. The van der Waals surface area contributed by atoms with Crippen molar-refractivity contribution in [2.45, 2.75) is 19.0 Å². The molecular formula is C16H16ClN3O2S. The number of nitrogens with zero attached hydrogens (tertiary/aromatic N) is 1. The molecule has 1 aliphatic heterocycles. The number of likely N-dealkylation sites (tertiary alicyclic amines) is 1. The summed E-state index contributed by atoms with van der Waals surface area (Å²) >= 11 is 7.28. The molecule has 2 N–H and O–H groups in total. The molecule has 2 aromatic rings. The lowest BCUT2D eigenvalue weighted by atomic mass is 10.2. The van der Waals surface area contributed by atoms with Gasteiger partial charge in [0.05, 0.1) is 5.69 Å². The Labute approximate surface area is 143 Å². The molecule has 1 aromatic heterocycles. The number of amides is 3. The van der Waals surface area contributed by atoms with Crippen molar-refractivity contribution < 1.29 is 9.59 Å². The molecular weight excluding hydrogens is 334 g/mol. The first-order valence-corrected chi connectivity index (χ1v) is 8.52. The van der Waals surface area contributed by atoms with Gasteiger partial charge in [0.15, 0.2) is 0 Å². The van der Waals surface area contributed by atoms with E-state index in [9.17, 15) is 9.59 Å². The van der Waals surface area contributed by atoms with Crippen LogP contribution in [0.2, 0.25) is 4.34 Å². The standard InChI is InChI=1S/C16H16ClN3O2S/c17-14-12(7-9-23-14)18-16(22)19-13-6-8-20(15(13)21)10-11-4-2-1-3-5-11/h1-5,7,9,13H,6,8,10H2,(H2,18,19,22)/t13-/m0/s1. The Morgan fingerprint density at radius 2 is 2.09 bits per heavy atom. The van der Waals surface area contributed by atoms with Crippen LogP contribution in [0.25, 0.3) is 0 Å². The maximum atomic E-state index is 12.4. The van der Waals surface area contributed by atoms with Crippen LogP contribution in [0.3, 0.4) is 0 Å². The van der Waals surface area contributed by atoms with E-state index in [0.29, 0.717) is 29.5 Å². The maximum Gasteiger partial charge on any atom is 0.319 e. The first-order valence-electron chi connectivity index (χ1n) is 7.26. The Balaban J connectivity index is 1.54. The van der Waals surface area contributed by atoms with Gasteiger partial charge in [0.25, 0.3) is 0 Å². The first kappa shape index (κ1) is 15.8. The zero-order valence-electron chi connectivity index (χ0n) is 12.3. The van der Waals surface area contributed by atoms with Gasteiger partial charge in [0.2, 0.25) is 5.91 Å². The molecule has 1 aliphatic rings. The molecule has 1 aromatic carbocycles. The SMILES string of the molecule is O=C(Nc1ccsc1Cl)N[C@H]1CCN(Cc2ccccc2)C1=O. The van der Waals surface area contributed by atoms with E-state index in [1.165, 1.54) is 11.3 Å². The van der Waals surface area contributed by atoms with Crippen LogP contribution in [0.1, 0.15) is 12.0 Å². The van der Waals surface area contributed by atoms with Gasteiger partial charge in [-0.1, -0.05) is 41.9 Å². The van der Waals surface area contributed by atoms with E-state index in [4.69, 9.17) is 11.6 Å². The fourth-order valence-corrected chi connectivity index (χ4v) is 3.37. The Morgan fingerprint density at radius 1 is 1.30 bits per heavy atom. The third kappa shape index (κ3) is 3.83. The number of urea groups is 1. The van der Waals surface area contributed by atoms with Crippen molar-refractivity contribution in [3.8, 4) is 0 Å². The fourth-order valence-electron chi connectivity index (χ4n) is 2.53. The molecule has 5 nitrogen and oxygen atoms in total. The highest BCUT2D eigenvalue weighted by Crippen LogP contribution is 2.27. The summed E-state index contributed by atoms with van der Waals surface area (Å²) in [6.07, 6.45) is 0.608. The van der Waals surface area contributed by atoms with Gasteiger partial charge in [-0.25, -0.2) is 4.79 Å². The molecule has 7 heteroatoms. The van der Waals surface area contributed by atoms with Crippen molar-refractivity contribution in [1.29, 1.82) is 0 Å². The van der Waals surface area contributed by atoms with Crippen molar-refractivity contribution in [2.75, 3.05) is 11.9 Å². The molecule has 1 fully saturated rings. The minimum Gasteiger partial charge on any atom is -0.336 e. The number of nitrogens with one attached hydrogen (secondary N) is 2. The molecule has 1 atom stereocenters. The van der Waals surface area contributed by atoms with Gasteiger partial charge in [-0.2, -0.15) is 0 Å². The summed E-state index contributed by atoms with van der Waals surface area (Å²) in [6.45, 7) is 1.20. The summed E-state index contributed by atoms with van der Waals surface area (Å²) in [7, 11) is 0. The normalized spacial score (nSPS) is 17.3. The van der Waals surface area contributed by atoms with E-state index in [1.54, 1.807) is 16.3 Å². The van der Waals surface area contributed by atoms with Crippen molar-refractivity contribution in [1.82, 2.24) is 10.2 Å². The Kier molecular flexibility index (Phi) is 4.83. The average Bonchev–Trinajstić information content (AvgIpc) is 3.09. The number of anilines is 1. The molecule has 0 unspecified atom stereocenters. The van der Waals surface area contributed by atoms with Gasteiger partial charge < -0.3 is 15.5 Å². The molecule has 1 saturated heterocycles. The Morgan fingerprint density at radius 3 is 2.78 bits per heavy atom. The quantitative estimate of drug-likeness (QED) is 0.889. The molecule has 0 radical (unpaired) electrons. The van der Waals surface area contributed by atoms with Crippen LogP contribution in [0.5, 0.6) is 0 Å². The molecule has 3 amide bonds. The van der Waals surface area contributed by atoms with Crippen LogP contribution in [0.15, 0.2) is 41.8 Å². The fraction of sp³-hybridized carbons (Fsp3) is 0.250. The van der Waals surface area contributed by atoms with Gasteiger partial charge in [-0.15, -0.1) is 11.3 Å². The molecule has 0 bridgehead atoms. The summed E-state index contributed by atoms with van der Waals surface area (Å²) in [5.74, 6) is -0.0552. The second kappa shape index (κ2) is 7.02. The summed E-state index contributed by atoms with van der Waals surface area (Å²) in [4.78, 5) is 26.1. The Bertz CT molecular complexity index is 704. The van der Waals surface area contributed by atoms with Crippen molar-refractivity contribution in [3.05, 3.63) is 51.7 Å². The van der Waals surface area contributed by atoms with Gasteiger partial charge in [-0.3, -0.25) is 4.79 Å². The third-order valence-corrected chi connectivity index (χ3v) is 4.86. The minimum atomic E-state index is -0.490. The summed E-state index contributed by atoms with van der Waals surface area (Å²) in [5.41, 5.74) is 1.64. The zero-order valence-corrected chi connectivity index (χ0v) is 13.9. The van der Waals surface area contributed by atoms with E-state index in [2.05, 4.69) is 10.6 Å². The molecule has 0 saturated carbocycles.